The van der Waals surface area contributed by atoms with E-state index in [0.717, 1.165) is 0 Å². The summed E-state index contributed by atoms with van der Waals surface area (Å²) >= 11 is 0. The highest BCUT2D eigenvalue weighted by Crippen LogP contribution is 2.25. The second-order valence-corrected chi connectivity index (χ2v) is 4.35. The van der Waals surface area contributed by atoms with Crippen molar-refractivity contribution >= 4 is 5.97 Å². The van der Waals surface area contributed by atoms with Crippen molar-refractivity contribution in [1.82, 2.24) is 5.32 Å². The van der Waals surface area contributed by atoms with Crippen molar-refractivity contribution in [1.29, 1.82) is 0 Å². The Morgan fingerprint density at radius 1 is 1.29 bits per heavy atom. The summed E-state index contributed by atoms with van der Waals surface area (Å²) in [6.07, 6.45) is -4.97. The van der Waals surface area contributed by atoms with Gasteiger partial charge in [0.25, 0.3) is 0 Å². The van der Waals surface area contributed by atoms with Crippen molar-refractivity contribution in [2.45, 2.75) is 44.0 Å². The Morgan fingerprint density at radius 2 is 1.82 bits per heavy atom. The average Bonchev–Trinajstić information content (AvgIpc) is 2.25. The number of carboxylic acid groups (broad SMARTS) is 1. The van der Waals surface area contributed by atoms with Gasteiger partial charge in [-0.2, -0.15) is 13.2 Å². The molecule has 7 heteroatoms. The molecule has 0 bridgehead atoms. The average molecular weight is 255 g/mol. The van der Waals surface area contributed by atoms with E-state index >= 15 is 0 Å². The van der Waals surface area contributed by atoms with Gasteiger partial charge in [0.05, 0.1) is 5.92 Å². The lowest BCUT2D eigenvalue weighted by atomic mass is 9.86. The molecule has 0 aromatic rings. The number of carbonyl (C=O) groups is 1. The fourth-order valence-corrected chi connectivity index (χ4v) is 1.94. The molecule has 1 unspecified atom stereocenters. The van der Waals surface area contributed by atoms with Crippen molar-refractivity contribution in [2.24, 2.45) is 5.92 Å². The van der Waals surface area contributed by atoms with Crippen molar-refractivity contribution in [3.8, 4) is 0 Å². The minimum absolute atomic E-state index is 0.136. The number of rotatable bonds is 4. The van der Waals surface area contributed by atoms with Crippen LogP contribution >= 0.6 is 0 Å². The summed E-state index contributed by atoms with van der Waals surface area (Å²) in [6, 6.07) is -0.136. The van der Waals surface area contributed by atoms with Crippen LogP contribution in [0.15, 0.2) is 0 Å². The van der Waals surface area contributed by atoms with E-state index in [2.05, 4.69) is 5.32 Å². The molecule has 1 aliphatic carbocycles. The van der Waals surface area contributed by atoms with Gasteiger partial charge < -0.3 is 15.5 Å². The largest absolute Gasteiger partial charge is 0.481 e. The first kappa shape index (κ1) is 14.2. The van der Waals surface area contributed by atoms with E-state index in [1.54, 1.807) is 0 Å². The smallest absolute Gasteiger partial charge is 0.415 e. The van der Waals surface area contributed by atoms with Gasteiger partial charge in [0, 0.05) is 12.6 Å². The highest BCUT2D eigenvalue weighted by atomic mass is 19.4. The summed E-state index contributed by atoms with van der Waals surface area (Å²) < 4.78 is 36.0. The van der Waals surface area contributed by atoms with E-state index in [4.69, 9.17) is 10.2 Å². The van der Waals surface area contributed by atoms with Crippen LogP contribution in [0.2, 0.25) is 0 Å². The Hall–Kier alpha value is -0.820. The van der Waals surface area contributed by atoms with E-state index in [0.29, 0.717) is 25.7 Å². The monoisotopic (exact) mass is 255 g/mol. The first-order valence-electron chi connectivity index (χ1n) is 5.51. The van der Waals surface area contributed by atoms with Crippen LogP contribution < -0.4 is 5.32 Å². The van der Waals surface area contributed by atoms with Gasteiger partial charge in [-0.1, -0.05) is 0 Å². The molecule has 1 aliphatic rings. The fraction of sp³-hybridized carbons (Fsp3) is 0.900. The predicted octanol–water partition coefficient (Wildman–Crippen LogP) is 1.14. The third-order valence-corrected chi connectivity index (χ3v) is 3.05. The normalized spacial score (nSPS) is 27.8. The summed E-state index contributed by atoms with van der Waals surface area (Å²) in [5, 5.41) is 20.1. The summed E-state index contributed by atoms with van der Waals surface area (Å²) in [7, 11) is 0. The Labute approximate surface area is 96.8 Å². The molecule has 3 N–H and O–H groups in total. The number of aliphatic hydroxyl groups excluding tert-OH is 1. The van der Waals surface area contributed by atoms with Crippen molar-refractivity contribution in [3.05, 3.63) is 0 Å². The van der Waals surface area contributed by atoms with Gasteiger partial charge in [0.15, 0.2) is 6.10 Å². The van der Waals surface area contributed by atoms with Crippen LogP contribution in [0, 0.1) is 5.92 Å². The zero-order valence-corrected chi connectivity index (χ0v) is 9.20. The SMILES string of the molecule is O=C(O)C1CCC(NCC(O)C(F)(F)F)CC1. The summed E-state index contributed by atoms with van der Waals surface area (Å²) in [6.45, 7) is -0.536. The number of hydrogen-bond acceptors (Lipinski definition) is 3. The van der Waals surface area contributed by atoms with Crippen LogP contribution in [0.4, 0.5) is 13.2 Å². The van der Waals surface area contributed by atoms with Crippen molar-refractivity contribution in [3.63, 3.8) is 0 Å². The van der Waals surface area contributed by atoms with Gasteiger partial charge in [0.2, 0.25) is 0 Å². The molecule has 17 heavy (non-hydrogen) atoms. The molecule has 100 valence electrons. The maximum Gasteiger partial charge on any atom is 0.415 e. The van der Waals surface area contributed by atoms with Gasteiger partial charge in [-0.15, -0.1) is 0 Å². The maximum absolute atomic E-state index is 12.0. The quantitative estimate of drug-likeness (QED) is 0.704. The van der Waals surface area contributed by atoms with Gasteiger partial charge in [-0.05, 0) is 25.7 Å². The van der Waals surface area contributed by atoms with Crippen LogP contribution in [-0.2, 0) is 4.79 Å². The number of aliphatic carboxylic acids is 1. The molecule has 0 spiro atoms. The maximum atomic E-state index is 12.0. The van der Waals surface area contributed by atoms with E-state index < -0.39 is 24.8 Å². The third kappa shape index (κ3) is 4.51. The molecule has 0 heterocycles. The third-order valence-electron chi connectivity index (χ3n) is 3.05. The second kappa shape index (κ2) is 5.68. The molecule has 4 nitrogen and oxygen atoms in total. The number of carboxylic acids is 1. The number of halogens is 3. The Balaban J connectivity index is 2.25. The number of hydrogen-bond donors (Lipinski definition) is 3. The van der Waals surface area contributed by atoms with E-state index in [9.17, 15) is 18.0 Å². The topological polar surface area (TPSA) is 69.6 Å². The molecule has 0 aromatic heterocycles. The molecule has 0 aromatic carbocycles. The molecule has 0 saturated heterocycles. The van der Waals surface area contributed by atoms with Crippen LogP contribution in [0.25, 0.3) is 0 Å². The summed E-state index contributed by atoms with van der Waals surface area (Å²) in [4.78, 5) is 10.6. The van der Waals surface area contributed by atoms with Crippen LogP contribution in [0.3, 0.4) is 0 Å². The zero-order valence-electron chi connectivity index (χ0n) is 9.20. The zero-order chi connectivity index (χ0) is 13.1. The molecule has 0 radical (unpaired) electrons. The summed E-state index contributed by atoms with van der Waals surface area (Å²) in [5.41, 5.74) is 0. The Bertz CT molecular complexity index is 262. The lowest BCUT2D eigenvalue weighted by Crippen LogP contribution is -2.44. The van der Waals surface area contributed by atoms with Crippen LogP contribution in [0.5, 0.6) is 0 Å². The lowest BCUT2D eigenvalue weighted by Gasteiger charge is -2.28. The van der Waals surface area contributed by atoms with E-state index in [-0.39, 0.29) is 12.0 Å². The Morgan fingerprint density at radius 3 is 2.24 bits per heavy atom. The number of aliphatic hydroxyl groups is 1. The van der Waals surface area contributed by atoms with E-state index in [1.807, 2.05) is 0 Å². The van der Waals surface area contributed by atoms with Gasteiger partial charge in [-0.25, -0.2) is 0 Å². The minimum atomic E-state index is -4.61. The number of nitrogens with one attached hydrogen (secondary N) is 1. The molecule has 0 aliphatic heterocycles. The second-order valence-electron chi connectivity index (χ2n) is 4.35. The van der Waals surface area contributed by atoms with Gasteiger partial charge in [-0.3, -0.25) is 4.79 Å². The summed E-state index contributed by atoms with van der Waals surface area (Å²) in [5.74, 6) is -1.24. The van der Waals surface area contributed by atoms with Crippen LogP contribution in [0.1, 0.15) is 25.7 Å². The first-order chi connectivity index (χ1) is 7.80. The van der Waals surface area contributed by atoms with Crippen molar-refractivity contribution in [2.75, 3.05) is 6.54 Å². The Kier molecular flexibility index (Phi) is 4.76. The lowest BCUT2D eigenvalue weighted by molar-refractivity contribution is -0.202. The van der Waals surface area contributed by atoms with Crippen LogP contribution in [-0.4, -0.2) is 41.0 Å². The molecule has 1 fully saturated rings. The molecule has 1 rings (SSSR count). The predicted molar refractivity (Wildman–Crippen MR) is 53.4 cm³/mol. The molecule has 0 amide bonds. The van der Waals surface area contributed by atoms with Gasteiger partial charge in [0.1, 0.15) is 0 Å². The highest BCUT2D eigenvalue weighted by Gasteiger charge is 2.38. The standard InChI is InChI=1S/C10H16F3NO3/c11-10(12,13)8(15)5-14-7-3-1-6(2-4-7)9(16)17/h6-8,14-15H,1-5H2,(H,16,17). The highest BCUT2D eigenvalue weighted by molar-refractivity contribution is 5.70. The molecular formula is C10H16F3NO3. The van der Waals surface area contributed by atoms with Crippen molar-refractivity contribution < 1.29 is 28.2 Å². The number of alkyl halides is 3. The van der Waals surface area contributed by atoms with E-state index in [1.165, 1.54) is 0 Å². The minimum Gasteiger partial charge on any atom is -0.481 e. The van der Waals surface area contributed by atoms with Gasteiger partial charge >= 0.3 is 12.1 Å². The first-order valence-corrected chi connectivity index (χ1v) is 5.51. The molecular weight excluding hydrogens is 239 g/mol. The fourth-order valence-electron chi connectivity index (χ4n) is 1.94. The molecule has 1 atom stereocenters. The molecule has 1 saturated carbocycles.